The molecule has 1 rings (SSSR count). The van der Waals surface area contributed by atoms with Crippen molar-refractivity contribution in [1.82, 2.24) is 20.2 Å². The molecule has 0 aliphatic heterocycles. The minimum Gasteiger partial charge on any atom is -0.389 e. The first kappa shape index (κ1) is 15.2. The third-order valence-electron chi connectivity index (χ3n) is 2.61. The van der Waals surface area contributed by atoms with Crippen molar-refractivity contribution in [2.75, 3.05) is 5.75 Å². The number of tetrazole rings is 1. The van der Waals surface area contributed by atoms with Crippen molar-refractivity contribution in [3.8, 4) is 0 Å². The van der Waals surface area contributed by atoms with Gasteiger partial charge in [-0.2, -0.15) is 13.2 Å². The highest BCUT2D eigenvalue weighted by Gasteiger charge is 2.31. The number of aromatic nitrogens is 4. The lowest BCUT2D eigenvalue weighted by Gasteiger charge is -2.24. The van der Waals surface area contributed by atoms with E-state index in [9.17, 15) is 18.3 Å². The first-order chi connectivity index (χ1) is 8.29. The van der Waals surface area contributed by atoms with Gasteiger partial charge in [-0.25, -0.2) is 4.68 Å². The van der Waals surface area contributed by atoms with E-state index in [1.165, 1.54) is 0 Å². The maximum atomic E-state index is 12.2. The van der Waals surface area contributed by atoms with Crippen LogP contribution in [0.4, 0.5) is 13.2 Å². The number of thioether (sulfide) groups is 1. The first-order valence-corrected chi connectivity index (χ1v) is 6.46. The van der Waals surface area contributed by atoms with Crippen LogP contribution in [0.15, 0.2) is 5.16 Å². The van der Waals surface area contributed by atoms with Crippen molar-refractivity contribution in [2.24, 2.45) is 0 Å². The van der Waals surface area contributed by atoms with Crippen LogP contribution in [-0.4, -0.2) is 42.8 Å². The largest absolute Gasteiger partial charge is 0.408 e. The molecule has 0 bridgehead atoms. The fourth-order valence-corrected chi connectivity index (χ4v) is 2.37. The van der Waals surface area contributed by atoms with Gasteiger partial charge in [0.2, 0.25) is 5.16 Å². The molecule has 0 aliphatic carbocycles. The second-order valence-electron chi connectivity index (χ2n) is 3.95. The lowest BCUT2D eigenvalue weighted by Crippen LogP contribution is -2.30. The van der Waals surface area contributed by atoms with Gasteiger partial charge in [-0.05, 0) is 23.3 Å². The molecule has 0 amide bonds. The predicted octanol–water partition coefficient (Wildman–Crippen LogP) is 1.88. The van der Waals surface area contributed by atoms with Crippen LogP contribution in [0, 0.1) is 0 Å². The molecule has 9 heteroatoms. The number of hydrogen-bond donors (Lipinski definition) is 1. The third kappa shape index (κ3) is 4.45. The van der Waals surface area contributed by atoms with Gasteiger partial charge in [0.05, 0.1) is 5.60 Å². The van der Waals surface area contributed by atoms with Crippen LogP contribution in [0.1, 0.15) is 26.7 Å². The van der Waals surface area contributed by atoms with Crippen molar-refractivity contribution >= 4 is 11.8 Å². The Bertz CT molecular complexity index is 378. The fourth-order valence-electron chi connectivity index (χ4n) is 1.22. The van der Waals surface area contributed by atoms with Gasteiger partial charge in [0.1, 0.15) is 6.54 Å². The van der Waals surface area contributed by atoms with Crippen molar-refractivity contribution in [3.63, 3.8) is 0 Å². The molecule has 0 atom stereocenters. The van der Waals surface area contributed by atoms with Crippen LogP contribution < -0.4 is 0 Å². The molecular formula is C9H15F3N4OS. The molecule has 18 heavy (non-hydrogen) atoms. The van der Waals surface area contributed by atoms with Crippen LogP contribution in [0.2, 0.25) is 0 Å². The normalized spacial score (nSPS) is 13.0. The first-order valence-electron chi connectivity index (χ1n) is 5.48. The van der Waals surface area contributed by atoms with E-state index in [2.05, 4.69) is 15.5 Å². The molecule has 1 aromatic rings. The monoisotopic (exact) mass is 284 g/mol. The molecule has 5 nitrogen and oxygen atoms in total. The molecule has 0 unspecified atom stereocenters. The summed E-state index contributed by atoms with van der Waals surface area (Å²) in [6.07, 6.45) is -3.31. The molecule has 0 spiro atoms. The summed E-state index contributed by atoms with van der Waals surface area (Å²) in [5, 5.41) is 20.1. The Labute approximate surface area is 107 Å². The number of rotatable bonds is 6. The number of halogens is 3. The minimum absolute atomic E-state index is 0.0626. The number of alkyl halides is 3. The van der Waals surface area contributed by atoms with E-state index >= 15 is 0 Å². The summed E-state index contributed by atoms with van der Waals surface area (Å²) in [7, 11) is 0. The molecule has 0 saturated heterocycles. The van der Waals surface area contributed by atoms with Crippen LogP contribution in [0.25, 0.3) is 0 Å². The summed E-state index contributed by atoms with van der Waals surface area (Å²) in [5.74, 6) is 0.262. The van der Waals surface area contributed by atoms with Crippen LogP contribution >= 0.6 is 11.8 Å². The predicted molar refractivity (Wildman–Crippen MR) is 60.1 cm³/mol. The van der Waals surface area contributed by atoms with E-state index in [-0.39, 0.29) is 10.9 Å². The Hall–Kier alpha value is -0.830. The Morgan fingerprint density at radius 1 is 1.28 bits per heavy atom. The Balaban J connectivity index is 2.66. The molecule has 1 heterocycles. The van der Waals surface area contributed by atoms with E-state index in [0.717, 1.165) is 11.8 Å². The van der Waals surface area contributed by atoms with Crippen molar-refractivity contribution in [1.29, 1.82) is 0 Å². The molecule has 0 radical (unpaired) electrons. The quantitative estimate of drug-likeness (QED) is 0.808. The Morgan fingerprint density at radius 3 is 2.39 bits per heavy atom. The van der Waals surface area contributed by atoms with E-state index in [0.29, 0.717) is 17.5 Å². The van der Waals surface area contributed by atoms with Gasteiger partial charge in [-0.15, -0.1) is 5.10 Å². The van der Waals surface area contributed by atoms with Gasteiger partial charge in [0.15, 0.2) is 0 Å². The highest BCUT2D eigenvalue weighted by atomic mass is 32.2. The fraction of sp³-hybridized carbons (Fsp3) is 0.889. The summed E-state index contributed by atoms with van der Waals surface area (Å²) >= 11 is 1.03. The molecule has 1 aromatic heterocycles. The van der Waals surface area contributed by atoms with Gasteiger partial charge >= 0.3 is 6.18 Å². The molecule has 1 N–H and O–H groups in total. The number of hydrogen-bond acceptors (Lipinski definition) is 5. The average Bonchev–Trinajstić information content (AvgIpc) is 2.71. The van der Waals surface area contributed by atoms with Gasteiger partial charge in [-0.1, -0.05) is 25.6 Å². The average molecular weight is 284 g/mol. The minimum atomic E-state index is -4.36. The third-order valence-corrected chi connectivity index (χ3v) is 3.85. The van der Waals surface area contributed by atoms with Gasteiger partial charge in [0.25, 0.3) is 0 Å². The summed E-state index contributed by atoms with van der Waals surface area (Å²) < 4.78 is 37.4. The van der Waals surface area contributed by atoms with Gasteiger partial charge in [-0.3, -0.25) is 0 Å². The lowest BCUT2D eigenvalue weighted by molar-refractivity contribution is -0.144. The Morgan fingerprint density at radius 2 is 1.89 bits per heavy atom. The van der Waals surface area contributed by atoms with E-state index in [1.807, 2.05) is 13.8 Å². The second-order valence-corrected chi connectivity index (χ2v) is 4.90. The lowest BCUT2D eigenvalue weighted by atomic mass is 10.0. The second kappa shape index (κ2) is 5.87. The van der Waals surface area contributed by atoms with Gasteiger partial charge in [0, 0.05) is 5.75 Å². The standard InChI is InChI=1S/C9H15F3N4OS/c1-3-8(17,4-2)6-18-7-13-14-15-16(7)5-9(10,11)12/h17H,3-6H2,1-2H3. The topological polar surface area (TPSA) is 63.8 Å². The maximum Gasteiger partial charge on any atom is 0.408 e. The highest BCUT2D eigenvalue weighted by Crippen LogP contribution is 2.26. The van der Waals surface area contributed by atoms with Crippen molar-refractivity contribution in [2.45, 2.75) is 50.2 Å². The van der Waals surface area contributed by atoms with E-state index in [1.54, 1.807) is 0 Å². The summed E-state index contributed by atoms with van der Waals surface area (Å²) in [6.45, 7) is 2.42. The van der Waals surface area contributed by atoms with Crippen molar-refractivity contribution < 1.29 is 18.3 Å². The molecule has 0 saturated carbocycles. The van der Waals surface area contributed by atoms with E-state index < -0.39 is 18.3 Å². The Kier molecular flexibility index (Phi) is 4.97. The summed E-state index contributed by atoms with van der Waals surface area (Å²) in [4.78, 5) is 0. The SMILES string of the molecule is CCC(O)(CC)CSc1nnnn1CC(F)(F)F. The maximum absolute atomic E-state index is 12.2. The van der Waals surface area contributed by atoms with Gasteiger partial charge < -0.3 is 5.11 Å². The molecule has 0 fully saturated rings. The number of aliphatic hydroxyl groups is 1. The van der Waals surface area contributed by atoms with Crippen molar-refractivity contribution in [3.05, 3.63) is 0 Å². The highest BCUT2D eigenvalue weighted by molar-refractivity contribution is 7.99. The number of nitrogens with zero attached hydrogens (tertiary/aromatic N) is 4. The van der Waals surface area contributed by atoms with E-state index in [4.69, 9.17) is 0 Å². The molecule has 0 aromatic carbocycles. The smallest absolute Gasteiger partial charge is 0.389 e. The molecule has 0 aliphatic rings. The van der Waals surface area contributed by atoms with Crippen LogP contribution in [0.3, 0.4) is 0 Å². The molecule has 104 valence electrons. The van der Waals surface area contributed by atoms with Crippen LogP contribution in [-0.2, 0) is 6.54 Å². The summed E-state index contributed by atoms with van der Waals surface area (Å²) in [5.41, 5.74) is -0.903. The molecular weight excluding hydrogens is 269 g/mol. The zero-order chi connectivity index (χ0) is 13.8. The zero-order valence-electron chi connectivity index (χ0n) is 10.1. The summed E-state index contributed by atoms with van der Waals surface area (Å²) in [6, 6.07) is 0. The zero-order valence-corrected chi connectivity index (χ0v) is 10.9. The van der Waals surface area contributed by atoms with Crippen LogP contribution in [0.5, 0.6) is 0 Å².